The molecule has 0 radical (unpaired) electrons. The van der Waals surface area contributed by atoms with Gasteiger partial charge < -0.3 is 22.9 Å². The molecule has 250 valence electrons. The number of fused-ring (bicyclic) bond motifs is 4. The van der Waals surface area contributed by atoms with Gasteiger partial charge in [-0.25, -0.2) is 4.99 Å². The first-order chi connectivity index (χ1) is 25.4. The number of nitrogen functional groups attached to an aromatic ring is 4. The van der Waals surface area contributed by atoms with Gasteiger partial charge in [0.2, 0.25) is 0 Å². The fourth-order valence-electron chi connectivity index (χ4n) is 7.19. The van der Waals surface area contributed by atoms with E-state index in [2.05, 4.69) is 42.5 Å². The number of anilines is 4. The molecule has 0 saturated heterocycles. The van der Waals surface area contributed by atoms with Crippen LogP contribution >= 0.6 is 0 Å². The molecule has 0 aliphatic carbocycles. The standard InChI is InChI=1S/C44H34N8/c45-29-9-1-25(2-10-29)41-33-17-19-35(49-33)42(26-3-11-30(46)12-4-26)37-21-23-39(51-37)44(28-7-15-32(48)16-8-28)40-24-22-38(52-40)43(36-20-18-34(41)50-36)27-5-13-31(47)14-6-27/h1-23,42H,24,45-48H2. The van der Waals surface area contributed by atoms with Crippen molar-refractivity contribution < 1.29 is 0 Å². The van der Waals surface area contributed by atoms with Crippen LogP contribution in [0.2, 0.25) is 0 Å². The lowest BCUT2D eigenvalue weighted by Gasteiger charge is -2.17. The Morgan fingerprint density at radius 1 is 0.423 bits per heavy atom. The second kappa shape index (κ2) is 12.4. The Morgan fingerprint density at radius 3 is 1.42 bits per heavy atom. The molecule has 5 aliphatic rings. The third-order valence-electron chi connectivity index (χ3n) is 9.74. The Labute approximate surface area is 301 Å². The van der Waals surface area contributed by atoms with Crippen LogP contribution in [0, 0.1) is 0 Å². The van der Waals surface area contributed by atoms with E-state index < -0.39 is 0 Å². The molecule has 5 heterocycles. The molecule has 0 saturated carbocycles. The summed E-state index contributed by atoms with van der Waals surface area (Å²) < 4.78 is 0. The van der Waals surface area contributed by atoms with E-state index in [0.717, 1.165) is 84.6 Å². The molecule has 0 fully saturated rings. The van der Waals surface area contributed by atoms with E-state index >= 15 is 0 Å². The lowest BCUT2D eigenvalue weighted by atomic mass is 9.89. The fraction of sp³-hybridized carbons (Fsp3) is 0.0455. The zero-order valence-electron chi connectivity index (χ0n) is 28.2. The highest BCUT2D eigenvalue weighted by molar-refractivity contribution is 6.34. The number of allylic oxidation sites excluding steroid dienone is 10. The molecule has 1 unspecified atom stereocenters. The Hall–Kier alpha value is -7.06. The topological polar surface area (TPSA) is 154 Å². The van der Waals surface area contributed by atoms with Gasteiger partial charge >= 0.3 is 0 Å². The first kappa shape index (κ1) is 31.0. The van der Waals surface area contributed by atoms with E-state index in [-0.39, 0.29) is 5.92 Å². The maximum atomic E-state index is 6.15. The highest BCUT2D eigenvalue weighted by Gasteiger charge is 2.30. The number of rotatable bonds is 4. The Balaban J connectivity index is 1.34. The minimum atomic E-state index is -0.260. The quantitative estimate of drug-likeness (QED) is 0.162. The maximum absolute atomic E-state index is 6.15. The number of hydrogen-bond acceptors (Lipinski definition) is 8. The number of nitrogens with two attached hydrogens (primary N) is 4. The van der Waals surface area contributed by atoms with Crippen LogP contribution in [0.15, 0.2) is 182 Å². The van der Waals surface area contributed by atoms with Crippen molar-refractivity contribution in [2.24, 2.45) is 20.0 Å². The Morgan fingerprint density at radius 2 is 0.865 bits per heavy atom. The molecular formula is C44H34N8. The highest BCUT2D eigenvalue weighted by Crippen LogP contribution is 2.40. The van der Waals surface area contributed by atoms with Crippen LogP contribution in [0.1, 0.15) is 34.6 Å². The van der Waals surface area contributed by atoms with Gasteiger partial charge in [-0.3, -0.25) is 15.0 Å². The molecule has 4 aromatic rings. The van der Waals surface area contributed by atoms with Gasteiger partial charge in [0.15, 0.2) is 0 Å². The predicted octanol–water partition coefficient (Wildman–Crippen LogP) is 8.11. The van der Waals surface area contributed by atoms with Crippen molar-refractivity contribution in [3.8, 4) is 0 Å². The Bertz CT molecular complexity index is 2510. The van der Waals surface area contributed by atoms with Crippen LogP contribution < -0.4 is 22.9 Å². The van der Waals surface area contributed by atoms with Crippen LogP contribution in [0.25, 0.3) is 16.7 Å². The average molecular weight is 675 g/mol. The largest absolute Gasteiger partial charge is 0.399 e. The van der Waals surface area contributed by atoms with Gasteiger partial charge in [0.25, 0.3) is 0 Å². The van der Waals surface area contributed by atoms with Crippen LogP contribution in [-0.4, -0.2) is 22.8 Å². The SMILES string of the molecule is Nc1ccc(C2=C3C=CC(=N3)C(c3ccc(N)cc3)=C3C=CC(=N3)C(c3ccc(N)cc3)C3=NC(=C(c4ccc(N)cc4)C4=NC2=CC4)C=C3)cc1. The van der Waals surface area contributed by atoms with Gasteiger partial charge in [-0.05, 0) is 107 Å². The first-order valence-electron chi connectivity index (χ1n) is 17.1. The number of benzene rings is 4. The lowest BCUT2D eigenvalue weighted by Crippen LogP contribution is -2.18. The van der Waals surface area contributed by atoms with Crippen LogP contribution in [-0.2, 0) is 0 Å². The lowest BCUT2D eigenvalue weighted by molar-refractivity contribution is 1.20. The monoisotopic (exact) mass is 674 g/mol. The zero-order valence-corrected chi connectivity index (χ0v) is 28.2. The van der Waals surface area contributed by atoms with E-state index in [1.54, 1.807) is 0 Å². The summed E-state index contributed by atoms with van der Waals surface area (Å²) in [5.41, 5.74) is 40.7. The smallest absolute Gasteiger partial charge is 0.0738 e. The van der Waals surface area contributed by atoms with Crippen molar-refractivity contribution in [3.63, 3.8) is 0 Å². The maximum Gasteiger partial charge on any atom is 0.0738 e. The summed E-state index contributed by atoms with van der Waals surface area (Å²) in [4.78, 5) is 21.3. The average Bonchev–Trinajstić information content (AvgIpc) is 3.99. The fourth-order valence-corrected chi connectivity index (χ4v) is 7.19. The summed E-state index contributed by atoms with van der Waals surface area (Å²) >= 11 is 0. The summed E-state index contributed by atoms with van der Waals surface area (Å²) in [6.07, 6.45) is 15.2. The molecule has 0 aromatic heterocycles. The van der Waals surface area contributed by atoms with Crippen molar-refractivity contribution >= 4 is 62.3 Å². The van der Waals surface area contributed by atoms with E-state index in [1.165, 1.54) is 0 Å². The van der Waals surface area contributed by atoms with Crippen LogP contribution in [0.5, 0.6) is 0 Å². The van der Waals surface area contributed by atoms with Gasteiger partial charge in [0, 0.05) is 45.9 Å². The van der Waals surface area contributed by atoms with Gasteiger partial charge in [0.05, 0.1) is 51.6 Å². The van der Waals surface area contributed by atoms with E-state index in [1.807, 2.05) is 97.1 Å². The molecule has 0 amide bonds. The summed E-state index contributed by atoms with van der Waals surface area (Å²) in [5, 5.41) is 0. The molecule has 8 nitrogen and oxygen atoms in total. The highest BCUT2D eigenvalue weighted by atomic mass is 14.9. The summed E-state index contributed by atoms with van der Waals surface area (Å²) in [6.45, 7) is 0. The molecule has 4 aromatic carbocycles. The van der Waals surface area contributed by atoms with Crippen molar-refractivity contribution in [2.45, 2.75) is 12.3 Å². The third-order valence-corrected chi connectivity index (χ3v) is 9.74. The number of aliphatic imine (C=N–C) groups is 4. The van der Waals surface area contributed by atoms with Crippen molar-refractivity contribution in [2.75, 3.05) is 22.9 Å². The summed E-state index contributed by atoms with van der Waals surface area (Å²) in [5.74, 6) is -0.260. The van der Waals surface area contributed by atoms with Crippen molar-refractivity contribution in [1.82, 2.24) is 0 Å². The summed E-state index contributed by atoms with van der Waals surface area (Å²) in [6, 6.07) is 31.5. The molecule has 8 N–H and O–H groups in total. The molecule has 8 bridgehead atoms. The predicted molar refractivity (Wildman–Crippen MR) is 217 cm³/mol. The minimum Gasteiger partial charge on any atom is -0.399 e. The van der Waals surface area contributed by atoms with Gasteiger partial charge in [0.1, 0.15) is 0 Å². The normalized spacial score (nSPS) is 18.9. The Kier molecular flexibility index (Phi) is 7.36. The van der Waals surface area contributed by atoms with Crippen LogP contribution in [0.3, 0.4) is 0 Å². The molecular weight excluding hydrogens is 641 g/mol. The van der Waals surface area contributed by atoms with Crippen molar-refractivity contribution in [1.29, 1.82) is 0 Å². The number of hydrogen-bond donors (Lipinski definition) is 4. The van der Waals surface area contributed by atoms with Crippen molar-refractivity contribution in [3.05, 3.63) is 185 Å². The van der Waals surface area contributed by atoms with Gasteiger partial charge in [-0.2, -0.15) is 0 Å². The van der Waals surface area contributed by atoms with E-state index in [9.17, 15) is 0 Å². The van der Waals surface area contributed by atoms with Gasteiger partial charge in [-0.15, -0.1) is 0 Å². The van der Waals surface area contributed by atoms with Gasteiger partial charge in [-0.1, -0.05) is 54.6 Å². The molecule has 0 spiro atoms. The molecule has 8 heteroatoms. The summed E-state index contributed by atoms with van der Waals surface area (Å²) in [7, 11) is 0. The minimum absolute atomic E-state index is 0.260. The molecule has 5 aliphatic heterocycles. The van der Waals surface area contributed by atoms with Crippen LogP contribution in [0.4, 0.5) is 22.7 Å². The zero-order chi connectivity index (χ0) is 35.3. The molecule has 1 atom stereocenters. The second-order valence-corrected chi connectivity index (χ2v) is 13.2. The second-order valence-electron chi connectivity index (χ2n) is 13.2. The third kappa shape index (κ3) is 5.52. The first-order valence-corrected chi connectivity index (χ1v) is 17.1. The van der Waals surface area contributed by atoms with E-state index in [4.69, 9.17) is 42.9 Å². The molecule has 9 rings (SSSR count). The van der Waals surface area contributed by atoms with E-state index in [0.29, 0.717) is 29.2 Å². The number of nitrogens with zero attached hydrogens (tertiary/aromatic N) is 4. The molecule has 52 heavy (non-hydrogen) atoms.